The highest BCUT2D eigenvalue weighted by molar-refractivity contribution is 8.14. The number of thioether (sulfide) groups is 1. The van der Waals surface area contributed by atoms with E-state index in [-0.39, 0.29) is 0 Å². The molecule has 2 nitrogen and oxygen atoms in total. The van der Waals surface area contributed by atoms with Crippen LogP contribution in [0.1, 0.15) is 46.5 Å². The molecule has 0 bridgehead atoms. The van der Waals surface area contributed by atoms with Gasteiger partial charge in [0.05, 0.1) is 6.54 Å². The highest BCUT2D eigenvalue weighted by Gasteiger charge is 2.29. The quantitative estimate of drug-likeness (QED) is 0.801. The van der Waals surface area contributed by atoms with Gasteiger partial charge in [-0.05, 0) is 24.7 Å². The van der Waals surface area contributed by atoms with Gasteiger partial charge in [0.25, 0.3) is 0 Å². The molecule has 0 saturated heterocycles. The number of rotatable bonds is 2. The Bertz CT molecular complexity index is 263. The molecule has 1 N–H and O–H groups in total. The van der Waals surface area contributed by atoms with E-state index in [1.165, 1.54) is 30.9 Å². The van der Waals surface area contributed by atoms with Crippen LogP contribution in [0.3, 0.4) is 0 Å². The van der Waals surface area contributed by atoms with Crippen LogP contribution in [0.5, 0.6) is 0 Å². The van der Waals surface area contributed by atoms with E-state index in [4.69, 9.17) is 0 Å². The third kappa shape index (κ3) is 2.93. The van der Waals surface area contributed by atoms with Crippen LogP contribution in [0.15, 0.2) is 4.99 Å². The average molecular weight is 240 g/mol. The summed E-state index contributed by atoms with van der Waals surface area (Å²) < 4.78 is 0. The van der Waals surface area contributed by atoms with Crippen molar-refractivity contribution in [3.8, 4) is 0 Å². The summed E-state index contributed by atoms with van der Waals surface area (Å²) in [6.45, 7) is 7.96. The Morgan fingerprint density at radius 1 is 1.31 bits per heavy atom. The number of amidine groups is 1. The van der Waals surface area contributed by atoms with Gasteiger partial charge < -0.3 is 5.32 Å². The second-order valence-corrected chi connectivity index (χ2v) is 6.94. The SMILES string of the molecule is CC1CN=C(NC2CCCCC2C(C)C)S1. The number of hydrogen-bond acceptors (Lipinski definition) is 3. The highest BCUT2D eigenvalue weighted by atomic mass is 32.2. The van der Waals surface area contributed by atoms with Gasteiger partial charge in [-0.2, -0.15) is 0 Å². The number of aliphatic imine (C=N–C) groups is 1. The van der Waals surface area contributed by atoms with Crippen molar-refractivity contribution in [3.05, 3.63) is 0 Å². The van der Waals surface area contributed by atoms with E-state index < -0.39 is 0 Å². The normalized spacial score (nSPS) is 35.2. The smallest absolute Gasteiger partial charge is 0.157 e. The molecule has 16 heavy (non-hydrogen) atoms. The molecule has 0 aromatic rings. The van der Waals surface area contributed by atoms with Crippen LogP contribution in [0.4, 0.5) is 0 Å². The maximum atomic E-state index is 4.57. The summed E-state index contributed by atoms with van der Waals surface area (Å²) in [7, 11) is 0. The van der Waals surface area contributed by atoms with Crippen LogP contribution in [0.25, 0.3) is 0 Å². The molecule has 2 rings (SSSR count). The van der Waals surface area contributed by atoms with Gasteiger partial charge in [0.2, 0.25) is 0 Å². The molecule has 1 aliphatic heterocycles. The molecule has 1 saturated carbocycles. The Labute approximate surface area is 104 Å². The fourth-order valence-corrected chi connectivity index (χ4v) is 3.75. The van der Waals surface area contributed by atoms with E-state index in [0.717, 1.165) is 18.4 Å². The summed E-state index contributed by atoms with van der Waals surface area (Å²) in [5.74, 6) is 1.63. The van der Waals surface area contributed by atoms with Crippen LogP contribution in [0, 0.1) is 11.8 Å². The minimum atomic E-state index is 0.670. The Balaban J connectivity index is 1.91. The lowest BCUT2D eigenvalue weighted by Gasteiger charge is -2.35. The predicted octanol–water partition coefficient (Wildman–Crippen LogP) is 3.28. The van der Waals surface area contributed by atoms with Gasteiger partial charge in [-0.25, -0.2) is 0 Å². The largest absolute Gasteiger partial charge is 0.362 e. The number of nitrogens with one attached hydrogen (secondary N) is 1. The molecule has 3 unspecified atom stereocenters. The first-order chi connectivity index (χ1) is 7.66. The van der Waals surface area contributed by atoms with Crippen molar-refractivity contribution in [1.82, 2.24) is 5.32 Å². The van der Waals surface area contributed by atoms with E-state index in [1.807, 2.05) is 11.8 Å². The first-order valence-corrected chi connectivity index (χ1v) is 7.52. The monoisotopic (exact) mass is 240 g/mol. The summed E-state index contributed by atoms with van der Waals surface area (Å²) in [4.78, 5) is 4.57. The van der Waals surface area contributed by atoms with Crippen molar-refractivity contribution in [1.29, 1.82) is 0 Å². The third-order valence-electron chi connectivity index (χ3n) is 3.79. The molecule has 1 fully saturated rings. The lowest BCUT2D eigenvalue weighted by Crippen LogP contribution is -2.42. The summed E-state index contributed by atoms with van der Waals surface area (Å²) in [6.07, 6.45) is 5.52. The Kier molecular flexibility index (Phi) is 4.17. The van der Waals surface area contributed by atoms with Crippen LogP contribution in [0.2, 0.25) is 0 Å². The molecule has 0 amide bonds. The lowest BCUT2D eigenvalue weighted by atomic mass is 9.78. The molecule has 2 aliphatic rings. The maximum absolute atomic E-state index is 4.57. The van der Waals surface area contributed by atoms with Gasteiger partial charge in [0.1, 0.15) is 0 Å². The number of nitrogens with zero attached hydrogens (tertiary/aromatic N) is 1. The summed E-state index contributed by atoms with van der Waals surface area (Å²) in [6, 6.07) is 0.672. The molecule has 3 heteroatoms. The van der Waals surface area contributed by atoms with Crippen molar-refractivity contribution in [2.24, 2.45) is 16.8 Å². The van der Waals surface area contributed by atoms with Crippen LogP contribution < -0.4 is 5.32 Å². The van der Waals surface area contributed by atoms with Crippen LogP contribution in [-0.4, -0.2) is 23.0 Å². The van der Waals surface area contributed by atoms with E-state index >= 15 is 0 Å². The van der Waals surface area contributed by atoms with Crippen molar-refractivity contribution >= 4 is 16.9 Å². The highest BCUT2D eigenvalue weighted by Crippen LogP contribution is 2.31. The van der Waals surface area contributed by atoms with Gasteiger partial charge in [0, 0.05) is 11.3 Å². The fourth-order valence-electron chi connectivity index (χ4n) is 2.85. The second-order valence-electron chi connectivity index (χ2n) is 5.52. The van der Waals surface area contributed by atoms with E-state index in [1.54, 1.807) is 0 Å². The zero-order chi connectivity index (χ0) is 11.5. The van der Waals surface area contributed by atoms with Crippen LogP contribution in [-0.2, 0) is 0 Å². The summed E-state index contributed by atoms with van der Waals surface area (Å²) >= 11 is 1.91. The minimum absolute atomic E-state index is 0.670. The molecule has 92 valence electrons. The molecular formula is C13H24N2S. The molecule has 0 radical (unpaired) electrons. The molecule has 0 spiro atoms. The van der Waals surface area contributed by atoms with Crippen molar-refractivity contribution in [2.45, 2.75) is 57.7 Å². The van der Waals surface area contributed by atoms with Gasteiger partial charge in [-0.1, -0.05) is 45.4 Å². The third-order valence-corrected chi connectivity index (χ3v) is 4.81. The Hall–Kier alpha value is -0.180. The first-order valence-electron chi connectivity index (χ1n) is 6.64. The summed E-state index contributed by atoms with van der Waals surface area (Å²) in [5, 5.41) is 5.56. The van der Waals surface area contributed by atoms with Crippen molar-refractivity contribution < 1.29 is 0 Å². The molecule has 3 atom stereocenters. The van der Waals surface area contributed by atoms with Gasteiger partial charge in [-0.3, -0.25) is 4.99 Å². The lowest BCUT2D eigenvalue weighted by molar-refractivity contribution is 0.225. The molecule has 1 heterocycles. The fraction of sp³-hybridized carbons (Fsp3) is 0.923. The Morgan fingerprint density at radius 3 is 2.69 bits per heavy atom. The molecule has 0 aromatic carbocycles. The predicted molar refractivity (Wildman–Crippen MR) is 73.1 cm³/mol. The zero-order valence-corrected chi connectivity index (χ0v) is 11.5. The van der Waals surface area contributed by atoms with E-state index in [9.17, 15) is 0 Å². The van der Waals surface area contributed by atoms with Crippen LogP contribution >= 0.6 is 11.8 Å². The summed E-state index contributed by atoms with van der Waals surface area (Å²) in [5.41, 5.74) is 0. The van der Waals surface area contributed by atoms with Gasteiger partial charge in [-0.15, -0.1) is 0 Å². The topological polar surface area (TPSA) is 24.4 Å². The Morgan fingerprint density at radius 2 is 2.06 bits per heavy atom. The maximum Gasteiger partial charge on any atom is 0.157 e. The zero-order valence-electron chi connectivity index (χ0n) is 10.7. The van der Waals surface area contributed by atoms with Crippen molar-refractivity contribution in [3.63, 3.8) is 0 Å². The van der Waals surface area contributed by atoms with Gasteiger partial charge >= 0.3 is 0 Å². The van der Waals surface area contributed by atoms with Crippen molar-refractivity contribution in [2.75, 3.05) is 6.54 Å². The number of hydrogen-bond donors (Lipinski definition) is 1. The first kappa shape index (κ1) is 12.3. The van der Waals surface area contributed by atoms with E-state index in [0.29, 0.717) is 11.3 Å². The average Bonchev–Trinajstić information content (AvgIpc) is 2.64. The molecular weight excluding hydrogens is 216 g/mol. The van der Waals surface area contributed by atoms with E-state index in [2.05, 4.69) is 31.1 Å². The second kappa shape index (κ2) is 5.44. The minimum Gasteiger partial charge on any atom is -0.362 e. The molecule has 0 aromatic heterocycles. The molecule has 1 aliphatic carbocycles. The van der Waals surface area contributed by atoms with Gasteiger partial charge in [0.15, 0.2) is 5.17 Å². The standard InChI is InChI=1S/C13H24N2S/c1-9(2)11-6-4-5-7-12(11)15-13-14-8-10(3)16-13/h9-12H,4-8H2,1-3H3,(H,14,15).